The third-order valence-electron chi connectivity index (χ3n) is 2.01. The third-order valence-corrected chi connectivity index (χ3v) is 2.01. The fraction of sp³-hybridized carbons (Fsp3) is 1.00. The number of hydrogen-bond acceptors (Lipinski definition) is 1. The van der Waals surface area contributed by atoms with E-state index < -0.39 is 0 Å². The van der Waals surface area contributed by atoms with Crippen LogP contribution < -0.4 is 0 Å². The van der Waals surface area contributed by atoms with Gasteiger partial charge in [0, 0.05) is 13.0 Å². The van der Waals surface area contributed by atoms with Gasteiger partial charge in [0.05, 0.1) is 34.3 Å². The van der Waals surface area contributed by atoms with Gasteiger partial charge in [0.1, 0.15) is 0 Å². The summed E-state index contributed by atoms with van der Waals surface area (Å²) in [5, 5.41) is 0. The molecule has 0 fully saturated rings. The van der Waals surface area contributed by atoms with Gasteiger partial charge in [0.25, 0.3) is 0 Å². The molecule has 13 heavy (non-hydrogen) atoms. The Hall–Kier alpha value is -0.0800. The van der Waals surface area contributed by atoms with Crippen molar-refractivity contribution in [3.63, 3.8) is 0 Å². The first-order valence-corrected chi connectivity index (χ1v) is 5.44. The highest BCUT2D eigenvalue weighted by Crippen LogP contribution is 1.97. The van der Waals surface area contributed by atoms with E-state index >= 15 is 0 Å². The third kappa shape index (κ3) is 11.9. The lowest BCUT2D eigenvalue weighted by atomic mass is 10.3. The van der Waals surface area contributed by atoms with Crippen molar-refractivity contribution in [2.75, 3.05) is 40.9 Å². The first kappa shape index (κ1) is 12.9. The Morgan fingerprint density at radius 1 is 0.923 bits per heavy atom. The van der Waals surface area contributed by atoms with E-state index in [0.29, 0.717) is 0 Å². The summed E-state index contributed by atoms with van der Waals surface area (Å²) in [6.07, 6.45) is 4.98. The van der Waals surface area contributed by atoms with Gasteiger partial charge in [-0.15, -0.1) is 0 Å². The maximum Gasteiger partial charge on any atom is 0.0802 e. The molecule has 0 heterocycles. The average Bonchev–Trinajstić information content (AvgIpc) is 2.01. The van der Waals surface area contributed by atoms with Crippen molar-refractivity contribution >= 4 is 0 Å². The molecular formula is C11H26NO+. The van der Waals surface area contributed by atoms with Crippen LogP contribution in [0.4, 0.5) is 0 Å². The van der Waals surface area contributed by atoms with Gasteiger partial charge in [-0.2, -0.15) is 0 Å². The molecule has 2 heteroatoms. The van der Waals surface area contributed by atoms with Crippen LogP contribution in [0.5, 0.6) is 0 Å². The van der Waals surface area contributed by atoms with Crippen LogP contribution in [0.3, 0.4) is 0 Å². The molecule has 80 valence electrons. The summed E-state index contributed by atoms with van der Waals surface area (Å²) in [6.45, 7) is 5.30. The SMILES string of the molecule is CCCCCOCCC[N+](C)(C)C. The Bertz CT molecular complexity index is 107. The monoisotopic (exact) mass is 188 g/mol. The first-order valence-electron chi connectivity index (χ1n) is 5.44. The number of quaternary nitrogens is 1. The summed E-state index contributed by atoms with van der Waals surface area (Å²) >= 11 is 0. The van der Waals surface area contributed by atoms with Crippen LogP contribution in [-0.2, 0) is 4.74 Å². The van der Waals surface area contributed by atoms with Crippen molar-refractivity contribution in [3.05, 3.63) is 0 Å². The van der Waals surface area contributed by atoms with E-state index in [1.807, 2.05) is 0 Å². The Morgan fingerprint density at radius 2 is 1.54 bits per heavy atom. The molecule has 0 aromatic carbocycles. The van der Waals surface area contributed by atoms with Gasteiger partial charge in [-0.25, -0.2) is 0 Å². The fourth-order valence-electron chi connectivity index (χ4n) is 1.20. The maximum absolute atomic E-state index is 5.52. The second kappa shape index (κ2) is 7.34. The second-order valence-electron chi connectivity index (χ2n) is 4.69. The van der Waals surface area contributed by atoms with Crippen LogP contribution in [-0.4, -0.2) is 45.4 Å². The largest absolute Gasteiger partial charge is 0.381 e. The highest BCUT2D eigenvalue weighted by Gasteiger charge is 2.04. The Labute approximate surface area is 83.5 Å². The Morgan fingerprint density at radius 3 is 2.08 bits per heavy atom. The van der Waals surface area contributed by atoms with Crippen molar-refractivity contribution < 1.29 is 9.22 Å². The molecule has 0 spiro atoms. The molecule has 0 aliphatic heterocycles. The zero-order valence-corrected chi connectivity index (χ0v) is 9.81. The fourth-order valence-corrected chi connectivity index (χ4v) is 1.20. The summed E-state index contributed by atoms with van der Waals surface area (Å²) in [5.41, 5.74) is 0. The minimum Gasteiger partial charge on any atom is -0.381 e. The van der Waals surface area contributed by atoms with Crippen molar-refractivity contribution in [1.82, 2.24) is 0 Å². The van der Waals surface area contributed by atoms with Crippen LogP contribution in [0, 0.1) is 0 Å². The highest BCUT2D eigenvalue weighted by molar-refractivity contribution is 4.38. The van der Waals surface area contributed by atoms with Gasteiger partial charge in [-0.3, -0.25) is 0 Å². The molecule has 0 saturated heterocycles. The van der Waals surface area contributed by atoms with Crippen LogP contribution in [0.15, 0.2) is 0 Å². The van der Waals surface area contributed by atoms with Crippen molar-refractivity contribution in [2.45, 2.75) is 32.6 Å². The normalized spacial score (nSPS) is 12.0. The molecule has 0 aromatic rings. The molecule has 0 atom stereocenters. The first-order chi connectivity index (χ1) is 6.06. The van der Waals surface area contributed by atoms with Crippen molar-refractivity contribution in [1.29, 1.82) is 0 Å². The van der Waals surface area contributed by atoms with Crippen LogP contribution in [0.25, 0.3) is 0 Å². The lowest BCUT2D eigenvalue weighted by molar-refractivity contribution is -0.870. The predicted molar refractivity (Wildman–Crippen MR) is 57.9 cm³/mol. The maximum atomic E-state index is 5.52. The minimum absolute atomic E-state index is 0.930. The van der Waals surface area contributed by atoms with E-state index in [0.717, 1.165) is 17.7 Å². The minimum atomic E-state index is 0.930. The van der Waals surface area contributed by atoms with E-state index in [-0.39, 0.29) is 0 Å². The van der Waals surface area contributed by atoms with E-state index in [2.05, 4.69) is 28.1 Å². The molecule has 0 aromatic heterocycles. The van der Waals surface area contributed by atoms with Crippen molar-refractivity contribution in [2.24, 2.45) is 0 Å². The van der Waals surface area contributed by atoms with E-state index in [1.54, 1.807) is 0 Å². The zero-order chi connectivity index (χ0) is 10.2. The molecule has 2 nitrogen and oxygen atoms in total. The average molecular weight is 188 g/mol. The topological polar surface area (TPSA) is 9.23 Å². The smallest absolute Gasteiger partial charge is 0.0802 e. The molecule has 0 aliphatic carbocycles. The van der Waals surface area contributed by atoms with E-state index in [9.17, 15) is 0 Å². The van der Waals surface area contributed by atoms with Crippen molar-refractivity contribution in [3.8, 4) is 0 Å². The van der Waals surface area contributed by atoms with Gasteiger partial charge in [0.2, 0.25) is 0 Å². The standard InChI is InChI=1S/C11H26NO/c1-5-6-7-10-13-11-8-9-12(2,3)4/h5-11H2,1-4H3/q+1. The molecular weight excluding hydrogens is 162 g/mol. The second-order valence-corrected chi connectivity index (χ2v) is 4.69. The highest BCUT2D eigenvalue weighted by atomic mass is 16.5. The van der Waals surface area contributed by atoms with Crippen LogP contribution in [0.1, 0.15) is 32.6 Å². The molecule has 0 rings (SSSR count). The molecule has 0 saturated carbocycles. The summed E-state index contributed by atoms with van der Waals surface area (Å²) < 4.78 is 6.56. The summed E-state index contributed by atoms with van der Waals surface area (Å²) in [6, 6.07) is 0. The number of unbranched alkanes of at least 4 members (excludes halogenated alkanes) is 2. The molecule has 0 unspecified atom stereocenters. The number of rotatable bonds is 8. The summed E-state index contributed by atoms with van der Waals surface area (Å²) in [7, 11) is 6.66. The van der Waals surface area contributed by atoms with Gasteiger partial charge in [-0.05, 0) is 6.42 Å². The zero-order valence-electron chi connectivity index (χ0n) is 9.81. The lowest BCUT2D eigenvalue weighted by Gasteiger charge is -2.23. The number of nitrogens with zero attached hydrogens (tertiary/aromatic N) is 1. The summed E-state index contributed by atoms with van der Waals surface area (Å²) in [4.78, 5) is 0. The van der Waals surface area contributed by atoms with E-state index in [4.69, 9.17) is 4.74 Å². The van der Waals surface area contributed by atoms with E-state index in [1.165, 1.54) is 32.2 Å². The number of hydrogen-bond donors (Lipinski definition) is 0. The Kier molecular flexibility index (Phi) is 7.29. The quantitative estimate of drug-likeness (QED) is 0.419. The van der Waals surface area contributed by atoms with Gasteiger partial charge < -0.3 is 9.22 Å². The molecule has 0 N–H and O–H groups in total. The number of ether oxygens (including phenoxy) is 1. The summed E-state index contributed by atoms with van der Waals surface area (Å²) in [5.74, 6) is 0. The molecule has 0 radical (unpaired) electrons. The molecule has 0 amide bonds. The molecule has 0 bridgehead atoms. The Balaban J connectivity index is 3.00. The van der Waals surface area contributed by atoms with Gasteiger partial charge >= 0.3 is 0 Å². The lowest BCUT2D eigenvalue weighted by Crippen LogP contribution is -2.35. The van der Waals surface area contributed by atoms with Gasteiger partial charge in [0.15, 0.2) is 0 Å². The predicted octanol–water partition coefficient (Wildman–Crippen LogP) is 2.29. The van der Waals surface area contributed by atoms with Gasteiger partial charge in [-0.1, -0.05) is 19.8 Å². The molecule has 0 aliphatic rings. The van der Waals surface area contributed by atoms with Crippen LogP contribution in [0.2, 0.25) is 0 Å². The van der Waals surface area contributed by atoms with Crippen LogP contribution >= 0.6 is 0 Å².